The number of likely N-dealkylation sites (N-methyl/N-ethyl adjacent to an activating group) is 1. The molecule has 0 saturated carbocycles. The summed E-state index contributed by atoms with van der Waals surface area (Å²) >= 11 is 3.23. The fourth-order valence-corrected chi connectivity index (χ4v) is 8.20. The molecule has 2 N–H and O–H groups in total. The highest BCUT2D eigenvalue weighted by atomic mass is 35.5. The molecule has 0 radical (unpaired) electrons. The molecule has 0 fully saturated rings. The molecular formula is C29H27ClN4O3S3. The van der Waals surface area contributed by atoms with Crippen molar-refractivity contribution < 1.29 is 13.2 Å². The van der Waals surface area contributed by atoms with Gasteiger partial charge < -0.3 is 5.32 Å². The van der Waals surface area contributed by atoms with Crippen molar-refractivity contribution in [1.29, 1.82) is 0 Å². The minimum absolute atomic E-state index is 0. The number of benzene rings is 3. The van der Waals surface area contributed by atoms with Gasteiger partial charge in [-0.3, -0.25) is 14.4 Å². The maximum absolute atomic E-state index is 13.5. The van der Waals surface area contributed by atoms with E-state index in [-0.39, 0.29) is 23.2 Å². The molecule has 206 valence electrons. The van der Waals surface area contributed by atoms with Crippen LogP contribution in [0.2, 0.25) is 0 Å². The third kappa shape index (κ3) is 5.63. The Morgan fingerprint density at radius 1 is 1.00 bits per heavy atom. The number of aromatic nitrogens is 1. The molecule has 0 aliphatic carbocycles. The molecule has 1 aliphatic heterocycles. The molecule has 3 heterocycles. The highest BCUT2D eigenvalue weighted by molar-refractivity contribution is 7.92. The first-order chi connectivity index (χ1) is 18.9. The minimum Gasteiger partial charge on any atom is -0.313 e. The Hall–Kier alpha value is -3.28. The number of sulfonamides is 1. The summed E-state index contributed by atoms with van der Waals surface area (Å²) in [7, 11) is -3.77. The number of thiophene rings is 1. The van der Waals surface area contributed by atoms with Gasteiger partial charge in [-0.05, 0) is 61.0 Å². The minimum atomic E-state index is -3.77. The van der Waals surface area contributed by atoms with E-state index >= 15 is 0 Å². The number of rotatable bonds is 7. The van der Waals surface area contributed by atoms with Gasteiger partial charge in [0.15, 0.2) is 0 Å². The Morgan fingerprint density at radius 3 is 2.55 bits per heavy atom. The normalized spacial score (nSPS) is 13.4. The summed E-state index contributed by atoms with van der Waals surface area (Å²) < 4.78 is 29.3. The van der Waals surface area contributed by atoms with Crippen LogP contribution in [0.25, 0.3) is 20.8 Å². The van der Waals surface area contributed by atoms with Gasteiger partial charge in [0.1, 0.15) is 10.0 Å². The SMILES string of the molecule is CCN1CCc2c(sc(NC(=O)c3cccc(NS(=O)(=O)c4ccccc4)c3)c2-c2nc3ccccc3s2)C1.Cl. The molecule has 0 atom stereocenters. The summed E-state index contributed by atoms with van der Waals surface area (Å²) in [4.78, 5) is 22.2. The van der Waals surface area contributed by atoms with Gasteiger partial charge in [-0.2, -0.15) is 0 Å². The van der Waals surface area contributed by atoms with Gasteiger partial charge >= 0.3 is 0 Å². The number of nitrogens with one attached hydrogen (secondary N) is 2. The number of halogens is 1. The number of carbonyl (C=O) groups is 1. The molecule has 1 aliphatic rings. The zero-order valence-electron chi connectivity index (χ0n) is 21.6. The first-order valence-electron chi connectivity index (χ1n) is 12.6. The lowest BCUT2D eigenvalue weighted by atomic mass is 10.0. The predicted octanol–water partition coefficient (Wildman–Crippen LogP) is 6.88. The molecule has 40 heavy (non-hydrogen) atoms. The Bertz CT molecular complexity index is 1750. The lowest BCUT2D eigenvalue weighted by molar-refractivity contribution is 0.102. The van der Waals surface area contributed by atoms with Crippen molar-refractivity contribution in [2.24, 2.45) is 0 Å². The van der Waals surface area contributed by atoms with Crippen LogP contribution in [0.3, 0.4) is 0 Å². The van der Waals surface area contributed by atoms with Crippen molar-refractivity contribution in [3.63, 3.8) is 0 Å². The molecule has 0 bridgehead atoms. The van der Waals surface area contributed by atoms with Gasteiger partial charge in [-0.15, -0.1) is 35.1 Å². The number of hydrogen-bond acceptors (Lipinski definition) is 7. The van der Waals surface area contributed by atoms with Gasteiger partial charge in [0.25, 0.3) is 15.9 Å². The highest BCUT2D eigenvalue weighted by Gasteiger charge is 2.27. The van der Waals surface area contributed by atoms with Crippen molar-refractivity contribution in [2.75, 3.05) is 23.1 Å². The van der Waals surface area contributed by atoms with Gasteiger partial charge in [0.2, 0.25) is 0 Å². The first-order valence-corrected chi connectivity index (χ1v) is 15.7. The highest BCUT2D eigenvalue weighted by Crippen LogP contribution is 2.45. The number of hydrogen-bond donors (Lipinski definition) is 2. The van der Waals surface area contributed by atoms with Crippen LogP contribution in [-0.4, -0.2) is 37.3 Å². The van der Waals surface area contributed by atoms with E-state index in [1.807, 2.05) is 18.2 Å². The average Bonchev–Trinajstić information content (AvgIpc) is 3.53. The van der Waals surface area contributed by atoms with E-state index in [0.717, 1.165) is 51.8 Å². The molecule has 0 spiro atoms. The Morgan fingerprint density at radius 2 is 1.77 bits per heavy atom. The summed E-state index contributed by atoms with van der Waals surface area (Å²) in [5, 5.41) is 4.81. The standard InChI is InChI=1S/C29H26N4O3S3.ClH/c1-2-33-16-15-22-25(18-33)38-29(26(22)28-30-23-13-6-7-14-24(23)37-28)31-27(34)19-9-8-10-20(17-19)32-39(35,36)21-11-4-3-5-12-21;/h3-14,17,32H,2,15-16,18H2,1H3,(H,31,34);1H. The monoisotopic (exact) mass is 610 g/mol. The molecule has 7 nitrogen and oxygen atoms in total. The summed E-state index contributed by atoms with van der Waals surface area (Å²) in [6.45, 7) is 4.95. The second kappa shape index (κ2) is 11.7. The molecule has 3 aromatic carbocycles. The lowest BCUT2D eigenvalue weighted by Crippen LogP contribution is -2.29. The van der Waals surface area contributed by atoms with Gasteiger partial charge in [-0.25, -0.2) is 13.4 Å². The molecule has 11 heteroatoms. The third-order valence-corrected chi connectivity index (χ3v) is 10.3. The van der Waals surface area contributed by atoms with Crippen LogP contribution >= 0.6 is 35.1 Å². The summed E-state index contributed by atoms with van der Waals surface area (Å²) in [5.74, 6) is -0.302. The number of anilines is 2. The molecule has 5 aromatic rings. The smallest absolute Gasteiger partial charge is 0.261 e. The van der Waals surface area contributed by atoms with Crippen LogP contribution in [-0.2, 0) is 23.0 Å². The van der Waals surface area contributed by atoms with Crippen LogP contribution in [0.1, 0.15) is 27.7 Å². The Kier molecular flexibility index (Phi) is 8.25. The van der Waals surface area contributed by atoms with E-state index in [9.17, 15) is 13.2 Å². The largest absolute Gasteiger partial charge is 0.313 e. The quantitative estimate of drug-likeness (QED) is 0.210. The predicted molar refractivity (Wildman–Crippen MR) is 166 cm³/mol. The molecule has 1 amide bonds. The summed E-state index contributed by atoms with van der Waals surface area (Å²) in [6, 6.07) is 22.8. The first kappa shape index (κ1) is 28.3. The van der Waals surface area contributed by atoms with E-state index in [0.29, 0.717) is 11.3 Å². The molecule has 0 saturated heterocycles. The van der Waals surface area contributed by atoms with Crippen LogP contribution in [0.4, 0.5) is 10.7 Å². The van der Waals surface area contributed by atoms with E-state index in [1.54, 1.807) is 65.1 Å². The third-order valence-electron chi connectivity index (χ3n) is 6.75. The van der Waals surface area contributed by atoms with Crippen LogP contribution in [0.15, 0.2) is 83.8 Å². The van der Waals surface area contributed by atoms with E-state index in [1.165, 1.54) is 22.6 Å². The lowest BCUT2D eigenvalue weighted by Gasteiger charge is -2.25. The van der Waals surface area contributed by atoms with Crippen LogP contribution in [0, 0.1) is 0 Å². The fourth-order valence-electron chi connectivity index (χ4n) is 4.73. The number of carbonyl (C=O) groups excluding carboxylic acids is 1. The average molecular weight is 611 g/mol. The Labute approximate surface area is 247 Å². The molecule has 2 aromatic heterocycles. The van der Waals surface area contributed by atoms with Crippen LogP contribution < -0.4 is 10.0 Å². The number of para-hydroxylation sites is 1. The summed E-state index contributed by atoms with van der Waals surface area (Å²) in [6.07, 6.45) is 0.900. The number of thiazole rings is 1. The van der Waals surface area contributed by atoms with Crippen molar-refractivity contribution in [3.8, 4) is 10.6 Å². The van der Waals surface area contributed by atoms with E-state index in [2.05, 4.69) is 27.9 Å². The van der Waals surface area contributed by atoms with Gasteiger partial charge in [0.05, 0.1) is 15.1 Å². The van der Waals surface area contributed by atoms with Crippen molar-refractivity contribution in [2.45, 2.75) is 24.8 Å². The molecular weight excluding hydrogens is 584 g/mol. The topological polar surface area (TPSA) is 91.4 Å². The number of nitrogens with zero attached hydrogens (tertiary/aromatic N) is 2. The number of amides is 1. The van der Waals surface area contributed by atoms with Crippen LogP contribution in [0.5, 0.6) is 0 Å². The molecule has 6 rings (SSSR count). The zero-order chi connectivity index (χ0) is 27.0. The van der Waals surface area contributed by atoms with Crippen molar-refractivity contribution in [1.82, 2.24) is 9.88 Å². The van der Waals surface area contributed by atoms with Gasteiger partial charge in [0, 0.05) is 34.8 Å². The van der Waals surface area contributed by atoms with Crippen molar-refractivity contribution >= 4 is 71.9 Å². The fraction of sp³-hybridized carbons (Fsp3) is 0.172. The van der Waals surface area contributed by atoms with E-state index < -0.39 is 10.0 Å². The second-order valence-electron chi connectivity index (χ2n) is 9.27. The number of fused-ring (bicyclic) bond motifs is 2. The van der Waals surface area contributed by atoms with E-state index in [4.69, 9.17) is 4.98 Å². The Balaban J connectivity index is 0.00000323. The van der Waals surface area contributed by atoms with Crippen molar-refractivity contribution in [3.05, 3.63) is 94.9 Å². The molecule has 0 unspecified atom stereocenters. The summed E-state index contributed by atoms with van der Waals surface area (Å²) in [5.41, 5.74) is 3.88. The zero-order valence-corrected chi connectivity index (χ0v) is 24.9. The second-order valence-corrected chi connectivity index (χ2v) is 13.1. The maximum Gasteiger partial charge on any atom is 0.261 e. The maximum atomic E-state index is 13.5. The van der Waals surface area contributed by atoms with Gasteiger partial charge in [-0.1, -0.05) is 43.3 Å².